The molecule has 62 valence electrons. The fraction of sp³-hybridized carbons (Fsp3) is 0.571. The summed E-state index contributed by atoms with van der Waals surface area (Å²) in [5.74, 6) is 0.955. The lowest BCUT2D eigenvalue weighted by molar-refractivity contribution is 0.233. The van der Waals surface area contributed by atoms with Crippen molar-refractivity contribution in [1.82, 2.24) is 19.7 Å². The molecule has 0 saturated carbocycles. The summed E-state index contributed by atoms with van der Waals surface area (Å²) in [6.45, 7) is 2.96. The molecular weight excluding hydrogens is 154 g/mol. The molecule has 2 rings (SSSR count). The third-order valence-electron chi connectivity index (χ3n) is 1.98. The molecule has 1 aromatic rings. The maximum absolute atomic E-state index is 8.48. The fourth-order valence-electron chi connectivity index (χ4n) is 1.35. The first kappa shape index (κ1) is 7.25. The molecule has 0 N–H and O–H groups in total. The molecule has 5 nitrogen and oxygen atoms in total. The monoisotopic (exact) mass is 163 g/mol. The molecule has 0 fully saturated rings. The molecule has 1 aromatic heterocycles. The second-order valence-electron chi connectivity index (χ2n) is 2.77. The van der Waals surface area contributed by atoms with Gasteiger partial charge in [0.25, 0.3) is 0 Å². The van der Waals surface area contributed by atoms with Gasteiger partial charge in [-0.3, -0.25) is 4.90 Å². The van der Waals surface area contributed by atoms with E-state index in [4.69, 9.17) is 5.26 Å². The van der Waals surface area contributed by atoms with E-state index in [-0.39, 0.29) is 0 Å². The van der Waals surface area contributed by atoms with Crippen molar-refractivity contribution in [3.8, 4) is 6.07 Å². The van der Waals surface area contributed by atoms with E-state index in [2.05, 4.69) is 21.1 Å². The Bertz CT molecular complexity index is 310. The number of rotatable bonds is 1. The van der Waals surface area contributed by atoms with E-state index in [9.17, 15) is 0 Å². The zero-order valence-electron chi connectivity index (χ0n) is 6.64. The summed E-state index contributed by atoms with van der Waals surface area (Å²) in [5.41, 5.74) is 0. The van der Waals surface area contributed by atoms with Crippen LogP contribution in [0.1, 0.15) is 5.82 Å². The van der Waals surface area contributed by atoms with E-state index in [1.807, 2.05) is 4.68 Å². The molecule has 5 heteroatoms. The van der Waals surface area contributed by atoms with Gasteiger partial charge in [-0.15, -0.1) is 0 Å². The largest absolute Gasteiger partial charge is 0.281 e. The lowest BCUT2D eigenvalue weighted by Gasteiger charge is -2.23. The molecule has 0 unspecified atom stereocenters. The van der Waals surface area contributed by atoms with Crippen LogP contribution < -0.4 is 0 Å². The molecule has 0 bridgehead atoms. The van der Waals surface area contributed by atoms with E-state index >= 15 is 0 Å². The highest BCUT2D eigenvalue weighted by molar-refractivity contribution is 4.90. The summed E-state index contributed by atoms with van der Waals surface area (Å²) < 4.78 is 1.88. The van der Waals surface area contributed by atoms with Crippen LogP contribution in [0.15, 0.2) is 6.33 Å². The van der Waals surface area contributed by atoms with Crippen molar-refractivity contribution in [2.45, 2.75) is 13.1 Å². The molecule has 0 radical (unpaired) electrons. The van der Waals surface area contributed by atoms with Gasteiger partial charge >= 0.3 is 0 Å². The topological polar surface area (TPSA) is 57.7 Å². The summed E-state index contributed by atoms with van der Waals surface area (Å²) in [6, 6.07) is 2.13. The maximum atomic E-state index is 8.48. The number of nitriles is 1. The number of hydrogen-bond acceptors (Lipinski definition) is 4. The van der Waals surface area contributed by atoms with Gasteiger partial charge in [0, 0.05) is 6.54 Å². The molecule has 0 atom stereocenters. The highest BCUT2D eigenvalue weighted by atomic mass is 15.4. The van der Waals surface area contributed by atoms with E-state index in [1.165, 1.54) is 0 Å². The summed E-state index contributed by atoms with van der Waals surface area (Å²) in [5, 5.41) is 12.5. The van der Waals surface area contributed by atoms with Crippen LogP contribution in [0.4, 0.5) is 0 Å². The molecular formula is C7H9N5. The zero-order valence-corrected chi connectivity index (χ0v) is 6.64. The van der Waals surface area contributed by atoms with Gasteiger partial charge in [-0.2, -0.15) is 10.4 Å². The van der Waals surface area contributed by atoms with Crippen molar-refractivity contribution < 1.29 is 0 Å². The average molecular weight is 163 g/mol. The molecule has 0 aromatic carbocycles. The molecule has 0 amide bonds. The quantitative estimate of drug-likeness (QED) is 0.529. The van der Waals surface area contributed by atoms with Crippen molar-refractivity contribution in [1.29, 1.82) is 5.26 Å². The predicted molar refractivity (Wildman–Crippen MR) is 40.9 cm³/mol. The van der Waals surface area contributed by atoms with Crippen LogP contribution >= 0.6 is 0 Å². The SMILES string of the molecule is N#CCN1CCn2ncnc2C1. The second-order valence-corrected chi connectivity index (χ2v) is 2.77. The van der Waals surface area contributed by atoms with Crippen molar-refractivity contribution in [3.05, 3.63) is 12.2 Å². The third kappa shape index (κ3) is 1.17. The minimum Gasteiger partial charge on any atom is -0.281 e. The number of aromatic nitrogens is 3. The van der Waals surface area contributed by atoms with Gasteiger partial charge in [-0.05, 0) is 0 Å². The normalized spacial score (nSPS) is 16.9. The van der Waals surface area contributed by atoms with E-state index < -0.39 is 0 Å². The van der Waals surface area contributed by atoms with Crippen LogP contribution in [0.5, 0.6) is 0 Å². The predicted octanol–water partition coefficient (Wildman–Crippen LogP) is -0.383. The highest BCUT2D eigenvalue weighted by Crippen LogP contribution is 2.06. The maximum Gasteiger partial charge on any atom is 0.141 e. The van der Waals surface area contributed by atoms with Gasteiger partial charge in [0.2, 0.25) is 0 Å². The first-order chi connectivity index (χ1) is 5.90. The Morgan fingerprint density at radius 1 is 1.58 bits per heavy atom. The molecule has 12 heavy (non-hydrogen) atoms. The van der Waals surface area contributed by atoms with Crippen LogP contribution in [0.3, 0.4) is 0 Å². The number of nitrogens with zero attached hydrogens (tertiary/aromatic N) is 5. The minimum atomic E-state index is 0.479. The lowest BCUT2D eigenvalue weighted by Crippen LogP contribution is -2.34. The van der Waals surface area contributed by atoms with Crippen LogP contribution in [0, 0.1) is 11.3 Å². The Hall–Kier alpha value is -1.41. The standard InChI is InChI=1S/C7H9N5/c8-1-2-11-3-4-12-7(5-11)9-6-10-12/h6H,2-5H2. The molecule has 0 aliphatic carbocycles. The zero-order chi connectivity index (χ0) is 8.39. The van der Waals surface area contributed by atoms with E-state index in [0.717, 1.165) is 25.5 Å². The Morgan fingerprint density at radius 2 is 2.50 bits per heavy atom. The van der Waals surface area contributed by atoms with Crippen molar-refractivity contribution in [2.24, 2.45) is 0 Å². The van der Waals surface area contributed by atoms with Gasteiger partial charge in [0.05, 0.1) is 25.7 Å². The Labute approximate surface area is 70.2 Å². The molecule has 1 aliphatic rings. The molecule has 1 aliphatic heterocycles. The Kier molecular flexibility index (Phi) is 1.76. The summed E-state index contributed by atoms with van der Waals surface area (Å²) in [6.07, 6.45) is 1.56. The average Bonchev–Trinajstić information content (AvgIpc) is 2.51. The van der Waals surface area contributed by atoms with Gasteiger partial charge in [-0.1, -0.05) is 0 Å². The van der Waals surface area contributed by atoms with Crippen molar-refractivity contribution in [2.75, 3.05) is 13.1 Å². The summed E-state index contributed by atoms with van der Waals surface area (Å²) in [4.78, 5) is 6.15. The van der Waals surface area contributed by atoms with Crippen molar-refractivity contribution in [3.63, 3.8) is 0 Å². The van der Waals surface area contributed by atoms with Crippen LogP contribution in [-0.4, -0.2) is 32.8 Å². The summed E-state index contributed by atoms with van der Waals surface area (Å²) >= 11 is 0. The molecule has 0 spiro atoms. The smallest absolute Gasteiger partial charge is 0.141 e. The molecule has 0 saturated heterocycles. The lowest BCUT2D eigenvalue weighted by atomic mass is 10.3. The van der Waals surface area contributed by atoms with Crippen molar-refractivity contribution >= 4 is 0 Å². The van der Waals surface area contributed by atoms with Crippen LogP contribution in [-0.2, 0) is 13.1 Å². The van der Waals surface area contributed by atoms with E-state index in [1.54, 1.807) is 6.33 Å². The van der Waals surface area contributed by atoms with Gasteiger partial charge < -0.3 is 0 Å². The second kappa shape index (κ2) is 2.91. The number of fused-ring (bicyclic) bond motifs is 1. The van der Waals surface area contributed by atoms with Crippen LogP contribution in [0.2, 0.25) is 0 Å². The number of hydrogen-bond donors (Lipinski definition) is 0. The van der Waals surface area contributed by atoms with Gasteiger partial charge in [0.15, 0.2) is 0 Å². The first-order valence-electron chi connectivity index (χ1n) is 3.86. The third-order valence-corrected chi connectivity index (χ3v) is 1.98. The van der Waals surface area contributed by atoms with Gasteiger partial charge in [-0.25, -0.2) is 9.67 Å². The van der Waals surface area contributed by atoms with Gasteiger partial charge in [0.1, 0.15) is 12.2 Å². The fourth-order valence-corrected chi connectivity index (χ4v) is 1.35. The minimum absolute atomic E-state index is 0.479. The molecule has 2 heterocycles. The highest BCUT2D eigenvalue weighted by Gasteiger charge is 2.16. The summed E-state index contributed by atoms with van der Waals surface area (Å²) in [7, 11) is 0. The Balaban J connectivity index is 2.11. The van der Waals surface area contributed by atoms with E-state index in [0.29, 0.717) is 6.54 Å². The first-order valence-corrected chi connectivity index (χ1v) is 3.86. The Morgan fingerprint density at radius 3 is 3.33 bits per heavy atom. The van der Waals surface area contributed by atoms with Crippen LogP contribution in [0.25, 0.3) is 0 Å².